The van der Waals surface area contributed by atoms with Gasteiger partial charge in [-0.1, -0.05) is 18.2 Å². The molecule has 9 heteroatoms. The minimum Gasteiger partial charge on any atom is -0.439 e. The Balaban J connectivity index is 1.26. The molecule has 6 nitrogen and oxygen atoms in total. The SMILES string of the molecule is O=C(c1ccc(Oc2ncccc2C2CCC(O)(C(F)(F)F)CC2)cc1)C1Nc2ccccc2N1. The highest BCUT2D eigenvalue weighted by molar-refractivity contribution is 6.05. The molecule has 1 aliphatic heterocycles. The van der Waals surface area contributed by atoms with Gasteiger partial charge in [-0.3, -0.25) is 4.79 Å². The summed E-state index contributed by atoms with van der Waals surface area (Å²) in [5.41, 5.74) is 0.290. The lowest BCUT2D eigenvalue weighted by molar-refractivity contribution is -0.270. The lowest BCUT2D eigenvalue weighted by Gasteiger charge is -2.37. The summed E-state index contributed by atoms with van der Waals surface area (Å²) in [6.07, 6.45) is -4.02. The fourth-order valence-electron chi connectivity index (χ4n) is 4.67. The van der Waals surface area contributed by atoms with Crippen LogP contribution in [0.2, 0.25) is 0 Å². The third kappa shape index (κ3) is 4.55. The van der Waals surface area contributed by atoms with Gasteiger partial charge in [-0.25, -0.2) is 4.98 Å². The van der Waals surface area contributed by atoms with Crippen LogP contribution in [0.15, 0.2) is 66.9 Å². The summed E-state index contributed by atoms with van der Waals surface area (Å²) < 4.78 is 45.4. The number of para-hydroxylation sites is 2. The van der Waals surface area contributed by atoms with Crippen LogP contribution in [0.1, 0.15) is 47.5 Å². The first kappa shape index (κ1) is 23.2. The van der Waals surface area contributed by atoms with Crippen LogP contribution in [0.25, 0.3) is 0 Å². The topological polar surface area (TPSA) is 83.5 Å². The highest BCUT2D eigenvalue weighted by atomic mass is 19.4. The molecule has 0 unspecified atom stereocenters. The molecule has 2 aromatic carbocycles. The molecule has 3 aromatic rings. The van der Waals surface area contributed by atoms with Gasteiger partial charge in [0.05, 0.1) is 11.4 Å². The Kier molecular flexibility index (Phi) is 5.88. The Hall–Kier alpha value is -3.59. The fourth-order valence-corrected chi connectivity index (χ4v) is 4.67. The third-order valence-corrected chi connectivity index (χ3v) is 6.72. The van der Waals surface area contributed by atoms with Crippen molar-refractivity contribution in [2.75, 3.05) is 10.6 Å². The summed E-state index contributed by atoms with van der Waals surface area (Å²) in [5, 5.41) is 16.3. The lowest BCUT2D eigenvalue weighted by atomic mass is 9.76. The number of ether oxygens (including phenoxy) is 1. The van der Waals surface area contributed by atoms with E-state index in [0.29, 0.717) is 22.8 Å². The standard InChI is InChI=1S/C26H24F3N3O3/c27-26(28,29)25(34)13-11-16(12-14-25)19-4-3-15-30-24(19)35-18-9-7-17(8-10-18)22(33)23-31-20-5-1-2-6-21(20)32-23/h1-10,15-16,23,31-32,34H,11-14H2. The number of Topliss-reactive ketones (excluding diaryl/α,β-unsaturated/α-hetero) is 1. The molecule has 1 saturated carbocycles. The summed E-state index contributed by atoms with van der Waals surface area (Å²) in [4.78, 5) is 17.2. The van der Waals surface area contributed by atoms with Crippen LogP contribution in [0.3, 0.4) is 0 Å². The second-order valence-corrected chi connectivity index (χ2v) is 8.96. The van der Waals surface area contributed by atoms with Crippen molar-refractivity contribution in [1.82, 2.24) is 4.98 Å². The van der Waals surface area contributed by atoms with E-state index in [2.05, 4.69) is 15.6 Å². The number of benzene rings is 2. The van der Waals surface area contributed by atoms with Gasteiger partial charge in [0.1, 0.15) is 5.75 Å². The van der Waals surface area contributed by atoms with Gasteiger partial charge in [0.15, 0.2) is 11.8 Å². The Morgan fingerprint density at radius 2 is 1.60 bits per heavy atom. The summed E-state index contributed by atoms with van der Waals surface area (Å²) >= 11 is 0. The van der Waals surface area contributed by atoms with E-state index in [1.54, 1.807) is 42.6 Å². The largest absolute Gasteiger partial charge is 0.439 e. The zero-order valence-corrected chi connectivity index (χ0v) is 18.7. The number of nitrogens with one attached hydrogen (secondary N) is 2. The minimum atomic E-state index is -4.64. The van der Waals surface area contributed by atoms with Gasteiger partial charge in [0, 0.05) is 17.3 Å². The van der Waals surface area contributed by atoms with Gasteiger partial charge in [0.2, 0.25) is 11.7 Å². The van der Waals surface area contributed by atoms with Gasteiger partial charge < -0.3 is 20.5 Å². The Morgan fingerprint density at radius 3 is 2.20 bits per heavy atom. The molecule has 2 aliphatic rings. The van der Waals surface area contributed by atoms with Gasteiger partial charge >= 0.3 is 6.18 Å². The molecule has 1 aliphatic carbocycles. The number of pyridine rings is 1. The minimum absolute atomic E-state index is 0.120. The maximum Gasteiger partial charge on any atom is 0.417 e. The van der Waals surface area contributed by atoms with E-state index < -0.39 is 17.9 Å². The van der Waals surface area contributed by atoms with E-state index in [-0.39, 0.29) is 37.4 Å². The maximum absolute atomic E-state index is 13.2. The number of carbonyl (C=O) groups is 1. The third-order valence-electron chi connectivity index (χ3n) is 6.72. The van der Waals surface area contributed by atoms with Crippen molar-refractivity contribution in [3.8, 4) is 11.6 Å². The van der Waals surface area contributed by atoms with Crippen LogP contribution in [0.4, 0.5) is 24.5 Å². The first-order chi connectivity index (χ1) is 16.7. The predicted octanol–water partition coefficient (Wildman–Crippen LogP) is 5.87. The molecule has 182 valence electrons. The molecule has 5 rings (SSSR count). The van der Waals surface area contributed by atoms with Crippen molar-refractivity contribution in [3.05, 3.63) is 78.0 Å². The number of anilines is 2. The molecule has 1 aromatic heterocycles. The molecule has 0 amide bonds. The Labute approximate surface area is 200 Å². The van der Waals surface area contributed by atoms with E-state index in [4.69, 9.17) is 4.74 Å². The number of aliphatic hydroxyl groups is 1. The van der Waals surface area contributed by atoms with Gasteiger partial charge in [-0.05, 0) is 74.1 Å². The van der Waals surface area contributed by atoms with Crippen molar-refractivity contribution in [3.63, 3.8) is 0 Å². The van der Waals surface area contributed by atoms with Gasteiger partial charge in [-0.2, -0.15) is 13.2 Å². The van der Waals surface area contributed by atoms with Crippen LogP contribution >= 0.6 is 0 Å². The first-order valence-electron chi connectivity index (χ1n) is 11.4. The molecular formula is C26H24F3N3O3. The number of carbonyl (C=O) groups excluding carboxylic acids is 1. The Morgan fingerprint density at radius 1 is 0.971 bits per heavy atom. The van der Waals surface area contributed by atoms with E-state index in [0.717, 1.165) is 11.4 Å². The number of alkyl halides is 3. The predicted molar refractivity (Wildman–Crippen MR) is 125 cm³/mol. The van der Waals surface area contributed by atoms with E-state index in [1.807, 2.05) is 24.3 Å². The van der Waals surface area contributed by atoms with Crippen molar-refractivity contribution >= 4 is 17.2 Å². The monoisotopic (exact) mass is 483 g/mol. The number of aromatic nitrogens is 1. The molecule has 0 saturated heterocycles. The number of nitrogens with zero attached hydrogens (tertiary/aromatic N) is 1. The lowest BCUT2D eigenvalue weighted by Crippen LogP contribution is -2.47. The zero-order chi connectivity index (χ0) is 24.6. The Bertz CT molecular complexity index is 1200. The number of rotatable bonds is 5. The summed E-state index contributed by atoms with van der Waals surface area (Å²) in [6, 6.07) is 17.7. The van der Waals surface area contributed by atoms with Crippen LogP contribution in [0.5, 0.6) is 11.6 Å². The van der Waals surface area contributed by atoms with Crippen molar-refractivity contribution < 1.29 is 27.8 Å². The molecule has 0 atom stereocenters. The first-order valence-corrected chi connectivity index (χ1v) is 11.4. The molecule has 0 radical (unpaired) electrons. The summed E-state index contributed by atoms with van der Waals surface area (Å²) in [7, 11) is 0. The van der Waals surface area contributed by atoms with Gasteiger partial charge in [-0.15, -0.1) is 0 Å². The van der Waals surface area contributed by atoms with E-state index in [9.17, 15) is 23.1 Å². The molecule has 3 N–H and O–H groups in total. The van der Waals surface area contributed by atoms with Crippen molar-refractivity contribution in [2.45, 2.75) is 49.5 Å². The molecule has 1 fully saturated rings. The average Bonchev–Trinajstić information content (AvgIpc) is 3.29. The van der Waals surface area contributed by atoms with Crippen LogP contribution in [0, 0.1) is 0 Å². The van der Waals surface area contributed by atoms with E-state index in [1.165, 1.54) is 0 Å². The molecule has 35 heavy (non-hydrogen) atoms. The van der Waals surface area contributed by atoms with Crippen LogP contribution in [-0.4, -0.2) is 33.8 Å². The van der Waals surface area contributed by atoms with Crippen LogP contribution < -0.4 is 15.4 Å². The summed E-state index contributed by atoms with van der Waals surface area (Å²) in [5.74, 6) is 0.442. The summed E-state index contributed by atoms with van der Waals surface area (Å²) in [6.45, 7) is 0. The molecular weight excluding hydrogens is 459 g/mol. The van der Waals surface area contributed by atoms with E-state index >= 15 is 0 Å². The molecule has 0 bridgehead atoms. The quantitative estimate of drug-likeness (QED) is 0.394. The smallest absolute Gasteiger partial charge is 0.417 e. The second kappa shape index (κ2) is 8.88. The molecule has 0 spiro atoms. The van der Waals surface area contributed by atoms with Crippen molar-refractivity contribution in [1.29, 1.82) is 0 Å². The normalized spacial score (nSPS) is 22.1. The highest BCUT2D eigenvalue weighted by Gasteiger charge is 2.54. The number of halogens is 3. The number of hydrogen-bond acceptors (Lipinski definition) is 6. The number of fused-ring (bicyclic) bond motifs is 1. The van der Waals surface area contributed by atoms with Crippen LogP contribution in [-0.2, 0) is 0 Å². The zero-order valence-electron chi connectivity index (χ0n) is 18.7. The second-order valence-electron chi connectivity index (χ2n) is 8.96. The number of ketones is 1. The average molecular weight is 483 g/mol. The van der Waals surface area contributed by atoms with Crippen molar-refractivity contribution in [2.24, 2.45) is 0 Å². The fraction of sp³-hybridized carbons (Fsp3) is 0.308. The van der Waals surface area contributed by atoms with Gasteiger partial charge in [0.25, 0.3) is 0 Å². The number of hydrogen-bond donors (Lipinski definition) is 3. The maximum atomic E-state index is 13.2. The molecule has 2 heterocycles. The highest BCUT2D eigenvalue weighted by Crippen LogP contribution is 2.47.